The van der Waals surface area contributed by atoms with Crippen molar-refractivity contribution in [2.75, 3.05) is 4.72 Å². The Hall–Kier alpha value is -2.35. The van der Waals surface area contributed by atoms with Crippen LogP contribution in [0.4, 0.5) is 5.69 Å². The van der Waals surface area contributed by atoms with Gasteiger partial charge < -0.3 is 10.1 Å². The number of carboxylic acid groups (broad SMARTS) is 1. The van der Waals surface area contributed by atoms with E-state index < -0.39 is 16.0 Å². The van der Waals surface area contributed by atoms with E-state index >= 15 is 0 Å². The van der Waals surface area contributed by atoms with Gasteiger partial charge in [0.15, 0.2) is 0 Å². The molecule has 0 aliphatic carbocycles. The van der Waals surface area contributed by atoms with E-state index in [-0.39, 0.29) is 10.6 Å². The monoisotopic (exact) mass is 281 g/mol. The highest BCUT2D eigenvalue weighted by Gasteiger charge is 2.18. The van der Waals surface area contributed by atoms with Crippen molar-refractivity contribution in [3.05, 3.63) is 42.0 Å². The van der Waals surface area contributed by atoms with Crippen LogP contribution in [0.15, 0.2) is 35.6 Å². The van der Waals surface area contributed by atoms with E-state index in [0.29, 0.717) is 11.3 Å². The fourth-order valence-corrected chi connectivity index (χ4v) is 2.57. The molecule has 0 aromatic carbocycles. The van der Waals surface area contributed by atoms with Gasteiger partial charge in [0.1, 0.15) is 10.6 Å². The van der Waals surface area contributed by atoms with Gasteiger partial charge in [0.05, 0.1) is 5.69 Å². The van der Waals surface area contributed by atoms with Crippen LogP contribution < -0.4 is 4.72 Å². The van der Waals surface area contributed by atoms with Crippen molar-refractivity contribution >= 4 is 21.7 Å². The predicted molar refractivity (Wildman–Crippen MR) is 67.5 cm³/mol. The summed E-state index contributed by atoms with van der Waals surface area (Å²) in [6.07, 6.45) is 4.12. The van der Waals surface area contributed by atoms with Gasteiger partial charge in [0.25, 0.3) is 10.0 Å². The molecule has 0 unspecified atom stereocenters. The first kappa shape index (κ1) is 13.1. The first-order valence-corrected chi connectivity index (χ1v) is 6.73. The number of H-pyrrole nitrogens is 1. The predicted octanol–water partition coefficient (Wildman–Crippen LogP) is 1.22. The van der Waals surface area contributed by atoms with Gasteiger partial charge in [0.2, 0.25) is 0 Å². The van der Waals surface area contributed by atoms with Gasteiger partial charge in [-0.1, -0.05) is 0 Å². The fourth-order valence-electron chi connectivity index (χ4n) is 1.44. The highest BCUT2D eigenvalue weighted by molar-refractivity contribution is 7.92. The Kier molecular flexibility index (Phi) is 3.26. The molecular weight excluding hydrogens is 270 g/mol. The normalized spacial score (nSPS) is 11.2. The highest BCUT2D eigenvalue weighted by Crippen LogP contribution is 2.19. The molecule has 0 amide bonds. The van der Waals surface area contributed by atoms with Crippen LogP contribution in [0, 0.1) is 6.92 Å². The Labute approximate surface area is 109 Å². The number of hydrogen-bond acceptors (Lipinski definition) is 4. The Balaban J connectivity index is 2.32. The molecule has 0 saturated heterocycles. The van der Waals surface area contributed by atoms with Crippen molar-refractivity contribution in [2.45, 2.75) is 11.8 Å². The van der Waals surface area contributed by atoms with Gasteiger partial charge in [-0.3, -0.25) is 9.71 Å². The topological polar surface area (TPSA) is 112 Å². The number of sulfonamides is 1. The van der Waals surface area contributed by atoms with Gasteiger partial charge in [-0.05, 0) is 24.6 Å². The lowest BCUT2D eigenvalue weighted by Crippen LogP contribution is -2.13. The van der Waals surface area contributed by atoms with Crippen molar-refractivity contribution in [1.82, 2.24) is 9.97 Å². The van der Waals surface area contributed by atoms with Crippen LogP contribution >= 0.6 is 0 Å². The number of carboxylic acids is 1. The second-order valence-corrected chi connectivity index (χ2v) is 5.53. The third-order valence-corrected chi connectivity index (χ3v) is 3.81. The summed E-state index contributed by atoms with van der Waals surface area (Å²) in [5.74, 6) is -1.22. The average molecular weight is 281 g/mol. The number of carbonyl (C=O) groups is 1. The van der Waals surface area contributed by atoms with E-state index in [1.165, 1.54) is 18.5 Å². The Morgan fingerprint density at radius 2 is 2.21 bits per heavy atom. The third kappa shape index (κ3) is 2.74. The van der Waals surface area contributed by atoms with E-state index in [1.807, 2.05) is 0 Å². The van der Waals surface area contributed by atoms with E-state index in [1.54, 1.807) is 6.92 Å². The molecule has 0 spiro atoms. The van der Waals surface area contributed by atoms with Crippen LogP contribution in [0.1, 0.15) is 16.1 Å². The van der Waals surface area contributed by atoms with Crippen molar-refractivity contribution in [2.24, 2.45) is 0 Å². The molecule has 2 heterocycles. The Morgan fingerprint density at radius 3 is 2.79 bits per heavy atom. The average Bonchev–Trinajstić information content (AvgIpc) is 2.82. The molecule has 0 saturated carbocycles. The molecule has 8 heteroatoms. The molecule has 0 atom stereocenters. The van der Waals surface area contributed by atoms with E-state index in [9.17, 15) is 13.2 Å². The number of aromatic nitrogens is 2. The molecule has 3 N–H and O–H groups in total. The lowest BCUT2D eigenvalue weighted by atomic mass is 10.3. The number of rotatable bonds is 4. The molecule has 2 aromatic rings. The minimum absolute atomic E-state index is 0.138. The Bertz CT molecular complexity index is 721. The second-order valence-electron chi connectivity index (χ2n) is 3.85. The van der Waals surface area contributed by atoms with Crippen LogP contribution in [0.3, 0.4) is 0 Å². The van der Waals surface area contributed by atoms with E-state index in [0.717, 1.165) is 12.3 Å². The van der Waals surface area contributed by atoms with Crippen LogP contribution in [-0.2, 0) is 10.0 Å². The zero-order valence-corrected chi connectivity index (χ0v) is 10.7. The zero-order chi connectivity index (χ0) is 14.0. The molecule has 0 bridgehead atoms. The maximum atomic E-state index is 12.0. The number of nitrogens with one attached hydrogen (secondary N) is 2. The van der Waals surface area contributed by atoms with Crippen LogP contribution in [0.5, 0.6) is 0 Å². The molecule has 7 nitrogen and oxygen atoms in total. The quantitative estimate of drug-likeness (QED) is 0.780. The fraction of sp³-hybridized carbons (Fsp3) is 0.0909. The largest absolute Gasteiger partial charge is 0.477 e. The summed E-state index contributed by atoms with van der Waals surface area (Å²) in [4.78, 5) is 16.8. The molecule has 0 radical (unpaired) electrons. The van der Waals surface area contributed by atoms with Gasteiger partial charge in [-0.25, -0.2) is 13.2 Å². The van der Waals surface area contributed by atoms with Gasteiger partial charge in [-0.15, -0.1) is 0 Å². The molecule has 0 aliphatic rings. The summed E-state index contributed by atoms with van der Waals surface area (Å²) >= 11 is 0. The lowest BCUT2D eigenvalue weighted by Gasteiger charge is -2.08. The molecule has 2 aromatic heterocycles. The van der Waals surface area contributed by atoms with Gasteiger partial charge in [-0.2, -0.15) is 0 Å². The number of aromatic carboxylic acids is 1. The zero-order valence-electron chi connectivity index (χ0n) is 9.91. The van der Waals surface area contributed by atoms with Crippen LogP contribution in [-0.4, -0.2) is 29.5 Å². The first-order chi connectivity index (χ1) is 8.90. The molecular formula is C11H11N3O4S. The number of hydrogen-bond donors (Lipinski definition) is 3. The first-order valence-electron chi connectivity index (χ1n) is 5.25. The second kappa shape index (κ2) is 4.73. The van der Waals surface area contributed by atoms with E-state index in [4.69, 9.17) is 5.11 Å². The maximum Gasteiger partial charge on any atom is 0.352 e. The summed E-state index contributed by atoms with van der Waals surface area (Å²) in [5.41, 5.74) is 0.875. The standard InChI is InChI=1S/C11H11N3O4S/c1-7-5-12-3-2-9(7)14-19(17,18)8-4-10(11(15)16)13-6-8/h2-6,13H,1H3,(H,12,14)(H,15,16). The van der Waals surface area contributed by atoms with Crippen molar-refractivity contribution in [1.29, 1.82) is 0 Å². The number of anilines is 1. The number of aromatic amines is 1. The number of aryl methyl sites for hydroxylation is 1. The molecule has 2 rings (SSSR count). The number of nitrogens with zero attached hydrogens (tertiary/aromatic N) is 1. The Morgan fingerprint density at radius 1 is 1.47 bits per heavy atom. The minimum Gasteiger partial charge on any atom is -0.477 e. The lowest BCUT2D eigenvalue weighted by molar-refractivity contribution is 0.0691. The van der Waals surface area contributed by atoms with Gasteiger partial charge in [0, 0.05) is 18.6 Å². The minimum atomic E-state index is -3.82. The summed E-state index contributed by atoms with van der Waals surface area (Å²) < 4.78 is 26.5. The highest BCUT2D eigenvalue weighted by atomic mass is 32.2. The molecule has 19 heavy (non-hydrogen) atoms. The molecule has 0 aliphatic heterocycles. The SMILES string of the molecule is Cc1cnccc1NS(=O)(=O)c1c[nH]c(C(=O)O)c1. The van der Waals surface area contributed by atoms with Crippen molar-refractivity contribution in [3.8, 4) is 0 Å². The van der Waals surface area contributed by atoms with Crippen LogP contribution in [0.2, 0.25) is 0 Å². The smallest absolute Gasteiger partial charge is 0.352 e. The summed E-state index contributed by atoms with van der Waals surface area (Å²) in [6.45, 7) is 1.71. The molecule has 100 valence electrons. The summed E-state index contributed by atoms with van der Waals surface area (Å²) in [7, 11) is -3.82. The summed E-state index contributed by atoms with van der Waals surface area (Å²) in [5, 5.41) is 8.74. The third-order valence-electron chi connectivity index (χ3n) is 2.46. The number of pyridine rings is 1. The van der Waals surface area contributed by atoms with Crippen molar-refractivity contribution < 1.29 is 18.3 Å². The maximum absolute atomic E-state index is 12.0. The van der Waals surface area contributed by atoms with Gasteiger partial charge >= 0.3 is 5.97 Å². The van der Waals surface area contributed by atoms with E-state index in [2.05, 4.69) is 14.7 Å². The van der Waals surface area contributed by atoms with Crippen LogP contribution in [0.25, 0.3) is 0 Å². The molecule has 0 fully saturated rings. The van der Waals surface area contributed by atoms with Crippen molar-refractivity contribution in [3.63, 3.8) is 0 Å². The summed E-state index contributed by atoms with van der Waals surface area (Å²) in [6, 6.07) is 2.58.